The number of nitrogens with zero attached hydrogens (tertiary/aromatic N) is 1. The summed E-state index contributed by atoms with van der Waals surface area (Å²) in [7, 11) is 0. The Hall–Kier alpha value is -2.23. The van der Waals surface area contributed by atoms with Crippen molar-refractivity contribution in [3.63, 3.8) is 0 Å². The van der Waals surface area contributed by atoms with Gasteiger partial charge in [0.25, 0.3) is 5.78 Å². The van der Waals surface area contributed by atoms with Crippen LogP contribution in [0.5, 0.6) is 0 Å². The van der Waals surface area contributed by atoms with Gasteiger partial charge >= 0.3 is 5.97 Å². The molecule has 1 aromatic heterocycles. The lowest BCUT2D eigenvalue weighted by atomic mass is 10.1. The molecule has 0 amide bonds. The quantitative estimate of drug-likeness (QED) is 0.458. The van der Waals surface area contributed by atoms with Crippen molar-refractivity contribution in [2.45, 2.75) is 6.92 Å². The largest absolute Gasteiger partial charge is 0.460 e. The molecule has 2 aromatic rings. The number of fused-ring (bicyclic) bond motifs is 1. The van der Waals surface area contributed by atoms with Crippen LogP contribution < -0.4 is 0 Å². The molecule has 86 valence electrons. The maximum atomic E-state index is 11.7. The first-order chi connectivity index (χ1) is 8.22. The number of pyridine rings is 1. The van der Waals surface area contributed by atoms with E-state index in [4.69, 9.17) is 0 Å². The molecule has 0 spiro atoms. The lowest BCUT2D eigenvalue weighted by Gasteiger charge is -2.02. The predicted octanol–water partition coefficient (Wildman–Crippen LogP) is 1.98. The number of Topliss-reactive ketones (excluding diaryl/α,β-unsaturated/α-hetero) is 1. The van der Waals surface area contributed by atoms with E-state index in [9.17, 15) is 9.59 Å². The molecule has 0 saturated carbocycles. The highest BCUT2D eigenvalue weighted by Gasteiger charge is 2.17. The lowest BCUT2D eigenvalue weighted by molar-refractivity contribution is -0.137. The van der Waals surface area contributed by atoms with Crippen LogP contribution in [-0.4, -0.2) is 23.3 Å². The van der Waals surface area contributed by atoms with E-state index in [2.05, 4.69) is 9.72 Å². The van der Waals surface area contributed by atoms with Gasteiger partial charge in [0.05, 0.1) is 12.1 Å². The Bertz CT molecular complexity index is 578. The molecule has 0 aliphatic heterocycles. The Kier molecular flexibility index (Phi) is 3.14. The minimum atomic E-state index is -0.823. The number of aromatic nitrogens is 1. The Morgan fingerprint density at radius 3 is 2.88 bits per heavy atom. The second-order valence-electron chi connectivity index (χ2n) is 3.46. The second-order valence-corrected chi connectivity index (χ2v) is 3.46. The third-order valence-electron chi connectivity index (χ3n) is 2.33. The van der Waals surface area contributed by atoms with Crippen LogP contribution in [0.25, 0.3) is 10.9 Å². The molecule has 0 fully saturated rings. The third kappa shape index (κ3) is 2.30. The minimum absolute atomic E-state index is 0.194. The molecule has 0 aliphatic carbocycles. The number of ketones is 1. The van der Waals surface area contributed by atoms with Gasteiger partial charge in [-0.25, -0.2) is 4.79 Å². The van der Waals surface area contributed by atoms with Gasteiger partial charge < -0.3 is 4.74 Å². The Labute approximate surface area is 98.2 Å². The van der Waals surface area contributed by atoms with Gasteiger partial charge in [-0.05, 0) is 31.2 Å². The number of carbonyl (C=O) groups excluding carboxylic acids is 2. The van der Waals surface area contributed by atoms with E-state index in [0.29, 0.717) is 5.56 Å². The number of hydrogen-bond donors (Lipinski definition) is 0. The fraction of sp³-hybridized carbons (Fsp3) is 0.154. The standard InChI is InChI=1S/C13H11NO3/c1-2-17-13(16)12(15)10-5-6-11-9(8-10)4-3-7-14-11/h3-8H,2H2,1H3. The molecule has 0 radical (unpaired) electrons. The zero-order valence-electron chi connectivity index (χ0n) is 9.34. The van der Waals surface area contributed by atoms with E-state index in [1.165, 1.54) is 0 Å². The maximum absolute atomic E-state index is 11.7. The van der Waals surface area contributed by atoms with Crippen LogP contribution >= 0.6 is 0 Å². The van der Waals surface area contributed by atoms with Crippen LogP contribution in [-0.2, 0) is 9.53 Å². The summed E-state index contributed by atoms with van der Waals surface area (Å²) in [4.78, 5) is 27.1. The van der Waals surface area contributed by atoms with E-state index in [-0.39, 0.29) is 6.61 Å². The molecule has 0 aliphatic rings. The van der Waals surface area contributed by atoms with Gasteiger partial charge in [-0.3, -0.25) is 9.78 Å². The number of benzene rings is 1. The van der Waals surface area contributed by atoms with E-state index in [1.54, 1.807) is 37.4 Å². The van der Waals surface area contributed by atoms with E-state index in [1.807, 2.05) is 6.07 Å². The highest BCUT2D eigenvalue weighted by atomic mass is 16.5. The van der Waals surface area contributed by atoms with Crippen LogP contribution in [0.2, 0.25) is 0 Å². The summed E-state index contributed by atoms with van der Waals surface area (Å²) in [5.74, 6) is -1.45. The van der Waals surface area contributed by atoms with E-state index in [0.717, 1.165) is 10.9 Å². The summed E-state index contributed by atoms with van der Waals surface area (Å²) in [6.45, 7) is 1.86. The summed E-state index contributed by atoms with van der Waals surface area (Å²) >= 11 is 0. The second kappa shape index (κ2) is 4.74. The maximum Gasteiger partial charge on any atom is 0.379 e. The van der Waals surface area contributed by atoms with Crippen molar-refractivity contribution in [1.82, 2.24) is 4.98 Å². The third-order valence-corrected chi connectivity index (χ3v) is 2.33. The highest BCUT2D eigenvalue weighted by Crippen LogP contribution is 2.14. The average molecular weight is 229 g/mol. The van der Waals surface area contributed by atoms with Gasteiger partial charge in [0.15, 0.2) is 0 Å². The Morgan fingerprint density at radius 1 is 1.29 bits per heavy atom. The molecular formula is C13H11NO3. The number of ether oxygens (including phenoxy) is 1. The normalized spacial score (nSPS) is 10.2. The molecule has 1 heterocycles. The number of rotatable bonds is 3. The first kappa shape index (κ1) is 11.3. The summed E-state index contributed by atoms with van der Waals surface area (Å²) in [5, 5.41) is 0.822. The van der Waals surface area contributed by atoms with Crippen LogP contribution in [0.4, 0.5) is 0 Å². The van der Waals surface area contributed by atoms with Gasteiger partial charge in [-0.1, -0.05) is 6.07 Å². The molecular weight excluding hydrogens is 218 g/mol. The van der Waals surface area contributed by atoms with Crippen molar-refractivity contribution in [3.8, 4) is 0 Å². The summed E-state index contributed by atoms with van der Waals surface area (Å²) < 4.78 is 4.67. The summed E-state index contributed by atoms with van der Waals surface area (Å²) in [6.07, 6.45) is 1.68. The van der Waals surface area contributed by atoms with Crippen molar-refractivity contribution >= 4 is 22.7 Å². The molecule has 1 aromatic carbocycles. The fourth-order valence-electron chi connectivity index (χ4n) is 1.53. The number of carbonyl (C=O) groups is 2. The minimum Gasteiger partial charge on any atom is -0.460 e. The number of esters is 1. The van der Waals surface area contributed by atoms with Crippen molar-refractivity contribution in [1.29, 1.82) is 0 Å². The van der Waals surface area contributed by atoms with Crippen molar-refractivity contribution in [2.24, 2.45) is 0 Å². The summed E-state index contributed by atoms with van der Waals surface area (Å²) in [5.41, 5.74) is 1.11. The van der Waals surface area contributed by atoms with Crippen LogP contribution in [0.15, 0.2) is 36.5 Å². The zero-order chi connectivity index (χ0) is 12.3. The molecule has 0 N–H and O–H groups in total. The van der Waals surface area contributed by atoms with Crippen molar-refractivity contribution < 1.29 is 14.3 Å². The highest BCUT2D eigenvalue weighted by molar-refractivity contribution is 6.40. The first-order valence-corrected chi connectivity index (χ1v) is 5.28. The molecule has 0 bridgehead atoms. The van der Waals surface area contributed by atoms with Crippen LogP contribution in [0, 0.1) is 0 Å². The van der Waals surface area contributed by atoms with Crippen LogP contribution in [0.1, 0.15) is 17.3 Å². The fourth-order valence-corrected chi connectivity index (χ4v) is 1.53. The van der Waals surface area contributed by atoms with Gasteiger partial charge in [-0.15, -0.1) is 0 Å². The van der Waals surface area contributed by atoms with E-state index >= 15 is 0 Å². The SMILES string of the molecule is CCOC(=O)C(=O)c1ccc2ncccc2c1. The molecule has 0 atom stereocenters. The van der Waals surface area contributed by atoms with Crippen molar-refractivity contribution in [2.75, 3.05) is 6.61 Å². The summed E-state index contributed by atoms with van der Waals surface area (Å²) in [6, 6.07) is 8.54. The molecule has 0 saturated heterocycles. The molecule has 2 rings (SSSR count). The Morgan fingerprint density at radius 2 is 2.12 bits per heavy atom. The van der Waals surface area contributed by atoms with Crippen LogP contribution in [0.3, 0.4) is 0 Å². The molecule has 4 nitrogen and oxygen atoms in total. The van der Waals surface area contributed by atoms with E-state index < -0.39 is 11.8 Å². The molecule has 0 unspecified atom stereocenters. The Balaban J connectivity index is 2.36. The first-order valence-electron chi connectivity index (χ1n) is 5.28. The lowest BCUT2D eigenvalue weighted by Crippen LogP contribution is -2.17. The van der Waals surface area contributed by atoms with Gasteiger partial charge in [0.1, 0.15) is 0 Å². The predicted molar refractivity (Wildman–Crippen MR) is 62.7 cm³/mol. The topological polar surface area (TPSA) is 56.3 Å². The number of hydrogen-bond acceptors (Lipinski definition) is 4. The monoisotopic (exact) mass is 229 g/mol. The van der Waals surface area contributed by atoms with Crippen molar-refractivity contribution in [3.05, 3.63) is 42.1 Å². The van der Waals surface area contributed by atoms with Gasteiger partial charge in [0, 0.05) is 17.1 Å². The molecule has 4 heteroatoms. The van der Waals surface area contributed by atoms with Gasteiger partial charge in [0.2, 0.25) is 0 Å². The zero-order valence-corrected chi connectivity index (χ0v) is 9.34. The van der Waals surface area contributed by atoms with Gasteiger partial charge in [-0.2, -0.15) is 0 Å². The smallest absolute Gasteiger partial charge is 0.379 e. The molecule has 17 heavy (non-hydrogen) atoms. The average Bonchev–Trinajstić information content (AvgIpc) is 2.37.